The van der Waals surface area contributed by atoms with E-state index >= 15 is 0 Å². The first-order chi connectivity index (χ1) is 8.78. The minimum absolute atomic E-state index is 0.681. The highest BCUT2D eigenvalue weighted by atomic mass is 35.5. The average Bonchev–Trinajstić information content (AvgIpc) is 2.85. The van der Waals surface area contributed by atoms with Crippen LogP contribution in [0.1, 0.15) is 16.0 Å². The van der Waals surface area contributed by atoms with Gasteiger partial charge < -0.3 is 4.90 Å². The molecule has 0 fully saturated rings. The van der Waals surface area contributed by atoms with Gasteiger partial charge >= 0.3 is 0 Å². The van der Waals surface area contributed by atoms with Crippen LogP contribution in [0, 0.1) is 11.3 Å². The number of halogens is 1. The molecule has 2 nitrogen and oxygen atoms in total. The molecule has 1 aliphatic heterocycles. The van der Waals surface area contributed by atoms with Crippen molar-refractivity contribution in [2.24, 2.45) is 0 Å². The second-order valence-electron chi connectivity index (χ2n) is 4.31. The Kier molecular flexibility index (Phi) is 2.99. The molecule has 0 saturated heterocycles. The SMILES string of the molecule is N#Cc1ccc(Cl)cc1N1CCc2sccc2C1. The first-order valence-corrected chi connectivity index (χ1v) is 7.03. The van der Waals surface area contributed by atoms with Crippen LogP contribution in [0.4, 0.5) is 5.69 Å². The third-order valence-electron chi connectivity index (χ3n) is 3.23. The summed E-state index contributed by atoms with van der Waals surface area (Å²) in [6.45, 7) is 1.82. The Morgan fingerprint density at radius 1 is 1.33 bits per heavy atom. The van der Waals surface area contributed by atoms with Gasteiger partial charge in [0.05, 0.1) is 11.3 Å². The first kappa shape index (κ1) is 11.6. The van der Waals surface area contributed by atoms with E-state index in [0.717, 1.165) is 25.2 Å². The van der Waals surface area contributed by atoms with Gasteiger partial charge in [0.2, 0.25) is 0 Å². The third kappa shape index (κ3) is 1.98. The van der Waals surface area contributed by atoms with Crippen LogP contribution in [-0.2, 0) is 13.0 Å². The summed E-state index contributed by atoms with van der Waals surface area (Å²) < 4.78 is 0. The average molecular weight is 275 g/mol. The maximum Gasteiger partial charge on any atom is 0.101 e. The summed E-state index contributed by atoms with van der Waals surface area (Å²) in [7, 11) is 0. The lowest BCUT2D eigenvalue weighted by Gasteiger charge is -2.29. The van der Waals surface area contributed by atoms with E-state index in [1.807, 2.05) is 17.4 Å². The molecule has 3 rings (SSSR count). The van der Waals surface area contributed by atoms with Crippen LogP contribution in [0.25, 0.3) is 0 Å². The fourth-order valence-electron chi connectivity index (χ4n) is 2.32. The number of rotatable bonds is 1. The molecular formula is C14H11ClN2S. The number of thiophene rings is 1. The maximum absolute atomic E-state index is 9.18. The van der Waals surface area contributed by atoms with Crippen LogP contribution in [-0.4, -0.2) is 6.54 Å². The smallest absolute Gasteiger partial charge is 0.101 e. The topological polar surface area (TPSA) is 27.0 Å². The van der Waals surface area contributed by atoms with Crippen molar-refractivity contribution in [1.82, 2.24) is 0 Å². The number of anilines is 1. The highest BCUT2D eigenvalue weighted by molar-refractivity contribution is 7.10. The lowest BCUT2D eigenvalue weighted by molar-refractivity contribution is 0.743. The molecule has 1 aromatic carbocycles. The van der Waals surface area contributed by atoms with Crippen molar-refractivity contribution in [3.05, 3.63) is 50.7 Å². The van der Waals surface area contributed by atoms with Gasteiger partial charge in [-0.2, -0.15) is 5.26 Å². The Morgan fingerprint density at radius 3 is 3.06 bits per heavy atom. The molecule has 2 aromatic rings. The molecule has 1 aliphatic rings. The second-order valence-corrected chi connectivity index (χ2v) is 5.75. The molecular weight excluding hydrogens is 264 g/mol. The van der Waals surface area contributed by atoms with Crippen LogP contribution in [0.15, 0.2) is 29.6 Å². The van der Waals surface area contributed by atoms with Gasteiger partial charge in [-0.25, -0.2) is 0 Å². The highest BCUT2D eigenvalue weighted by Gasteiger charge is 2.19. The van der Waals surface area contributed by atoms with E-state index < -0.39 is 0 Å². The number of hydrogen-bond acceptors (Lipinski definition) is 3. The van der Waals surface area contributed by atoms with E-state index in [1.165, 1.54) is 10.4 Å². The first-order valence-electron chi connectivity index (χ1n) is 5.78. The van der Waals surface area contributed by atoms with Crippen molar-refractivity contribution in [3.63, 3.8) is 0 Å². The van der Waals surface area contributed by atoms with Crippen molar-refractivity contribution in [3.8, 4) is 6.07 Å². The molecule has 4 heteroatoms. The molecule has 0 spiro atoms. The summed E-state index contributed by atoms with van der Waals surface area (Å²) in [5.41, 5.74) is 3.01. The van der Waals surface area contributed by atoms with Crippen molar-refractivity contribution >= 4 is 28.6 Å². The van der Waals surface area contributed by atoms with Crippen molar-refractivity contribution in [2.75, 3.05) is 11.4 Å². The zero-order valence-corrected chi connectivity index (χ0v) is 11.3. The van der Waals surface area contributed by atoms with E-state index in [4.69, 9.17) is 11.6 Å². The summed E-state index contributed by atoms with van der Waals surface area (Å²) in [6, 6.07) is 9.86. The maximum atomic E-state index is 9.18. The van der Waals surface area contributed by atoms with Crippen molar-refractivity contribution < 1.29 is 0 Å². The van der Waals surface area contributed by atoms with E-state index in [2.05, 4.69) is 22.4 Å². The quantitative estimate of drug-likeness (QED) is 0.790. The molecule has 2 heterocycles. The van der Waals surface area contributed by atoms with Gasteiger partial charge in [0, 0.05) is 23.0 Å². The van der Waals surface area contributed by atoms with Gasteiger partial charge in [-0.3, -0.25) is 0 Å². The normalized spacial score (nSPS) is 14.1. The molecule has 0 bridgehead atoms. The lowest BCUT2D eigenvalue weighted by atomic mass is 10.1. The van der Waals surface area contributed by atoms with Crippen LogP contribution in [0.3, 0.4) is 0 Å². The van der Waals surface area contributed by atoms with Gasteiger partial charge in [0.15, 0.2) is 0 Å². The van der Waals surface area contributed by atoms with E-state index in [-0.39, 0.29) is 0 Å². The number of nitriles is 1. The van der Waals surface area contributed by atoms with Crippen LogP contribution in [0.2, 0.25) is 5.02 Å². The molecule has 0 radical (unpaired) electrons. The van der Waals surface area contributed by atoms with E-state index in [1.54, 1.807) is 12.1 Å². The summed E-state index contributed by atoms with van der Waals surface area (Å²) in [6.07, 6.45) is 1.05. The zero-order chi connectivity index (χ0) is 12.5. The summed E-state index contributed by atoms with van der Waals surface area (Å²) in [4.78, 5) is 3.70. The molecule has 0 aliphatic carbocycles. The summed E-state index contributed by atoms with van der Waals surface area (Å²) in [5.74, 6) is 0. The Labute approximate surface area is 115 Å². The number of nitrogens with zero attached hydrogens (tertiary/aromatic N) is 2. The molecule has 1 aromatic heterocycles. The van der Waals surface area contributed by atoms with Gasteiger partial charge in [-0.05, 0) is 41.6 Å². The fraction of sp³-hybridized carbons (Fsp3) is 0.214. The summed E-state index contributed by atoms with van der Waals surface area (Å²) >= 11 is 7.86. The van der Waals surface area contributed by atoms with Crippen molar-refractivity contribution in [2.45, 2.75) is 13.0 Å². The molecule has 0 saturated carbocycles. The Morgan fingerprint density at radius 2 is 2.22 bits per heavy atom. The molecule has 0 unspecified atom stereocenters. The largest absolute Gasteiger partial charge is 0.366 e. The zero-order valence-electron chi connectivity index (χ0n) is 9.69. The monoisotopic (exact) mass is 274 g/mol. The van der Waals surface area contributed by atoms with Gasteiger partial charge in [-0.15, -0.1) is 11.3 Å². The van der Waals surface area contributed by atoms with Crippen LogP contribution < -0.4 is 4.90 Å². The number of fused-ring (bicyclic) bond motifs is 1. The summed E-state index contributed by atoms with van der Waals surface area (Å²) in [5, 5.41) is 12.0. The van der Waals surface area contributed by atoms with E-state index in [0.29, 0.717) is 10.6 Å². The Bertz CT molecular complexity index is 627. The molecule has 0 N–H and O–H groups in total. The Hall–Kier alpha value is -1.50. The molecule has 18 heavy (non-hydrogen) atoms. The van der Waals surface area contributed by atoms with Gasteiger partial charge in [0.1, 0.15) is 6.07 Å². The minimum atomic E-state index is 0.681. The molecule has 0 amide bonds. The predicted molar refractivity (Wildman–Crippen MR) is 75.2 cm³/mol. The van der Waals surface area contributed by atoms with Crippen LogP contribution >= 0.6 is 22.9 Å². The molecule has 90 valence electrons. The van der Waals surface area contributed by atoms with E-state index in [9.17, 15) is 5.26 Å². The second kappa shape index (κ2) is 4.64. The number of hydrogen-bond donors (Lipinski definition) is 0. The van der Waals surface area contributed by atoms with Crippen molar-refractivity contribution in [1.29, 1.82) is 5.26 Å². The fourth-order valence-corrected chi connectivity index (χ4v) is 3.37. The molecule has 0 atom stereocenters. The third-order valence-corrected chi connectivity index (χ3v) is 4.49. The standard InChI is InChI=1S/C14H11ClN2S/c15-12-2-1-10(8-16)13(7-12)17-5-3-14-11(9-17)4-6-18-14/h1-2,4,6-7H,3,5,9H2. The Balaban J connectivity index is 1.98. The highest BCUT2D eigenvalue weighted by Crippen LogP contribution is 2.31. The minimum Gasteiger partial charge on any atom is -0.366 e. The van der Waals surface area contributed by atoms with Gasteiger partial charge in [-0.1, -0.05) is 11.6 Å². The number of benzene rings is 1. The van der Waals surface area contributed by atoms with Crippen LogP contribution in [0.5, 0.6) is 0 Å². The lowest BCUT2D eigenvalue weighted by Crippen LogP contribution is -2.29. The van der Waals surface area contributed by atoms with Gasteiger partial charge in [0.25, 0.3) is 0 Å². The predicted octanol–water partition coefficient (Wildman–Crippen LogP) is 3.84.